The molecule has 1 aliphatic rings. The summed E-state index contributed by atoms with van der Waals surface area (Å²) in [5.41, 5.74) is 5.99. The average Bonchev–Trinajstić information content (AvgIpc) is 3.36. The molecule has 0 saturated carbocycles. The number of rotatable bonds is 5. The Bertz CT molecular complexity index is 973. The predicted molar refractivity (Wildman–Crippen MR) is 103 cm³/mol. The summed E-state index contributed by atoms with van der Waals surface area (Å²) in [6.07, 6.45) is -0.872. The molecule has 8 nitrogen and oxygen atoms in total. The highest BCUT2D eigenvalue weighted by Crippen LogP contribution is 2.33. The van der Waals surface area contributed by atoms with Crippen molar-refractivity contribution in [2.45, 2.75) is 11.3 Å². The zero-order valence-electron chi connectivity index (χ0n) is 14.0. The van der Waals surface area contributed by atoms with Gasteiger partial charge in [0.2, 0.25) is 11.1 Å². The molecule has 0 radical (unpaired) electrons. The fourth-order valence-electron chi connectivity index (χ4n) is 2.66. The quantitative estimate of drug-likeness (QED) is 0.631. The summed E-state index contributed by atoms with van der Waals surface area (Å²) in [7, 11) is 0. The van der Waals surface area contributed by atoms with Crippen LogP contribution in [0.15, 0.2) is 46.9 Å². The first-order valence-electron chi connectivity index (χ1n) is 8.06. The van der Waals surface area contributed by atoms with Gasteiger partial charge in [0.25, 0.3) is 5.91 Å². The number of thioether (sulfide) groups is 1. The Kier molecular flexibility index (Phi) is 4.82. The lowest BCUT2D eigenvalue weighted by Gasteiger charge is -2.33. The molecule has 27 heavy (non-hydrogen) atoms. The van der Waals surface area contributed by atoms with E-state index < -0.39 is 12.0 Å². The third kappa shape index (κ3) is 3.67. The Morgan fingerprint density at radius 3 is 2.96 bits per heavy atom. The summed E-state index contributed by atoms with van der Waals surface area (Å²) in [5.74, 6) is 0.477. The van der Waals surface area contributed by atoms with Crippen LogP contribution in [0.2, 0.25) is 0 Å². The fraction of sp³-hybridized carbons (Fsp3) is 0.176. The van der Waals surface area contributed by atoms with Gasteiger partial charge in [0, 0.05) is 0 Å². The van der Waals surface area contributed by atoms with Crippen LogP contribution in [-0.4, -0.2) is 45.4 Å². The number of hydrogen-bond donors (Lipinski definition) is 2. The number of thiophene rings is 1. The van der Waals surface area contributed by atoms with E-state index in [0.717, 1.165) is 4.88 Å². The molecule has 4 rings (SSSR count). The third-order valence-electron chi connectivity index (χ3n) is 3.94. The molecule has 3 aromatic rings. The number of aromatic amines is 1. The number of fused-ring (bicyclic) bond motifs is 1. The maximum atomic E-state index is 12.8. The second kappa shape index (κ2) is 7.41. The van der Waals surface area contributed by atoms with Gasteiger partial charge in [-0.3, -0.25) is 14.7 Å². The minimum atomic E-state index is -0.872. The van der Waals surface area contributed by atoms with E-state index in [4.69, 9.17) is 10.5 Å². The number of ether oxygens (including phenoxy) is 1. The molecule has 3 heterocycles. The van der Waals surface area contributed by atoms with Crippen LogP contribution in [0.5, 0.6) is 5.75 Å². The monoisotopic (exact) mass is 401 g/mol. The minimum absolute atomic E-state index is 0.0835. The number of primary amides is 1. The Balaban J connectivity index is 1.47. The second-order valence-electron chi connectivity index (χ2n) is 5.71. The van der Waals surface area contributed by atoms with Crippen molar-refractivity contribution in [1.29, 1.82) is 0 Å². The van der Waals surface area contributed by atoms with Crippen LogP contribution in [0.25, 0.3) is 10.7 Å². The Labute approximate surface area is 162 Å². The topological polar surface area (TPSA) is 114 Å². The van der Waals surface area contributed by atoms with E-state index >= 15 is 0 Å². The van der Waals surface area contributed by atoms with E-state index in [1.807, 2.05) is 23.6 Å². The van der Waals surface area contributed by atoms with Crippen LogP contribution in [0.1, 0.15) is 0 Å². The van der Waals surface area contributed by atoms with Gasteiger partial charge in [-0.1, -0.05) is 30.0 Å². The van der Waals surface area contributed by atoms with Gasteiger partial charge in [0.15, 0.2) is 11.9 Å². The van der Waals surface area contributed by atoms with Crippen LogP contribution < -0.4 is 15.4 Å². The number of aromatic nitrogens is 3. The molecule has 0 saturated heterocycles. The van der Waals surface area contributed by atoms with E-state index in [0.29, 0.717) is 22.4 Å². The molecule has 1 aromatic carbocycles. The SMILES string of the molecule is NC(=O)[C@@H]1CN(C(=O)CSc2n[nH]c(-c3cccs3)n2)c2ccccc2O1. The first kappa shape index (κ1) is 17.6. The van der Waals surface area contributed by atoms with E-state index in [1.54, 1.807) is 29.5 Å². The first-order chi connectivity index (χ1) is 13.1. The van der Waals surface area contributed by atoms with Gasteiger partial charge in [0.1, 0.15) is 5.75 Å². The number of nitrogens with zero attached hydrogens (tertiary/aromatic N) is 3. The van der Waals surface area contributed by atoms with Crippen LogP contribution in [0.4, 0.5) is 5.69 Å². The molecule has 0 spiro atoms. The Hall–Kier alpha value is -2.85. The molecule has 3 N–H and O–H groups in total. The first-order valence-corrected chi connectivity index (χ1v) is 9.93. The number of nitrogens with one attached hydrogen (secondary N) is 1. The van der Waals surface area contributed by atoms with Crippen molar-refractivity contribution < 1.29 is 14.3 Å². The van der Waals surface area contributed by atoms with Gasteiger partial charge in [0.05, 0.1) is 22.9 Å². The fourth-order valence-corrected chi connectivity index (χ4v) is 4.00. The highest BCUT2D eigenvalue weighted by Gasteiger charge is 2.32. The number of amides is 2. The van der Waals surface area contributed by atoms with E-state index in [1.165, 1.54) is 16.7 Å². The zero-order valence-corrected chi connectivity index (χ0v) is 15.6. The number of hydrogen-bond acceptors (Lipinski definition) is 7. The van der Waals surface area contributed by atoms with E-state index in [2.05, 4.69) is 15.2 Å². The molecule has 0 unspecified atom stereocenters. The summed E-state index contributed by atoms with van der Waals surface area (Å²) in [6.45, 7) is 0.0835. The van der Waals surface area contributed by atoms with Crippen molar-refractivity contribution in [2.24, 2.45) is 5.73 Å². The standard InChI is InChI=1S/C17H15N5O3S2/c18-15(24)12-8-22(10-4-1-2-5-11(10)25-12)14(23)9-27-17-19-16(20-21-17)13-6-3-7-26-13/h1-7,12H,8-9H2,(H2,18,24)(H,19,20,21)/t12-/m0/s1. The molecular weight excluding hydrogens is 386 g/mol. The van der Waals surface area contributed by atoms with Gasteiger partial charge < -0.3 is 15.4 Å². The Morgan fingerprint density at radius 1 is 1.33 bits per heavy atom. The van der Waals surface area contributed by atoms with Gasteiger partial charge in [-0.05, 0) is 23.6 Å². The van der Waals surface area contributed by atoms with Crippen molar-refractivity contribution >= 4 is 40.6 Å². The molecule has 0 bridgehead atoms. The number of carbonyl (C=O) groups excluding carboxylic acids is 2. The number of benzene rings is 1. The molecule has 138 valence electrons. The summed E-state index contributed by atoms with van der Waals surface area (Å²) >= 11 is 2.78. The summed E-state index contributed by atoms with van der Waals surface area (Å²) in [5, 5.41) is 9.46. The summed E-state index contributed by atoms with van der Waals surface area (Å²) in [4.78, 5) is 31.2. The van der Waals surface area contributed by atoms with E-state index in [9.17, 15) is 9.59 Å². The lowest BCUT2D eigenvalue weighted by atomic mass is 10.2. The highest BCUT2D eigenvalue weighted by atomic mass is 32.2. The van der Waals surface area contributed by atoms with Crippen molar-refractivity contribution in [3.63, 3.8) is 0 Å². The van der Waals surface area contributed by atoms with Gasteiger partial charge >= 0.3 is 0 Å². The summed E-state index contributed by atoms with van der Waals surface area (Å²) in [6, 6.07) is 10.9. The van der Waals surface area contributed by atoms with Crippen molar-refractivity contribution in [3.8, 4) is 16.5 Å². The number of H-pyrrole nitrogens is 1. The largest absolute Gasteiger partial charge is 0.477 e. The average molecular weight is 401 g/mol. The van der Waals surface area contributed by atoms with Crippen molar-refractivity contribution in [2.75, 3.05) is 17.2 Å². The molecule has 1 aliphatic heterocycles. The third-order valence-corrected chi connectivity index (χ3v) is 5.64. The molecule has 10 heteroatoms. The van der Waals surface area contributed by atoms with Gasteiger partial charge in [-0.25, -0.2) is 4.98 Å². The number of carbonyl (C=O) groups is 2. The smallest absolute Gasteiger partial charge is 0.260 e. The minimum Gasteiger partial charge on any atom is -0.477 e. The predicted octanol–water partition coefficient (Wildman–Crippen LogP) is 1.90. The van der Waals surface area contributed by atoms with E-state index in [-0.39, 0.29) is 18.2 Å². The van der Waals surface area contributed by atoms with Gasteiger partial charge in [-0.15, -0.1) is 16.4 Å². The maximum absolute atomic E-state index is 12.8. The number of nitrogens with two attached hydrogens (primary N) is 1. The molecule has 0 fully saturated rings. The molecule has 0 aliphatic carbocycles. The lowest BCUT2D eigenvalue weighted by molar-refractivity contribution is -0.125. The zero-order chi connectivity index (χ0) is 18.8. The van der Waals surface area contributed by atoms with Crippen molar-refractivity contribution in [1.82, 2.24) is 15.2 Å². The lowest BCUT2D eigenvalue weighted by Crippen LogP contribution is -2.49. The maximum Gasteiger partial charge on any atom is 0.260 e. The van der Waals surface area contributed by atoms with Crippen LogP contribution in [0, 0.1) is 0 Å². The summed E-state index contributed by atoms with van der Waals surface area (Å²) < 4.78 is 5.58. The van der Waals surface area contributed by atoms with Crippen LogP contribution in [-0.2, 0) is 9.59 Å². The van der Waals surface area contributed by atoms with Crippen LogP contribution in [0.3, 0.4) is 0 Å². The number of anilines is 1. The van der Waals surface area contributed by atoms with Crippen LogP contribution >= 0.6 is 23.1 Å². The molecule has 2 amide bonds. The Morgan fingerprint density at radius 2 is 2.19 bits per heavy atom. The molecular formula is C17H15N5O3S2. The second-order valence-corrected chi connectivity index (χ2v) is 7.60. The van der Waals surface area contributed by atoms with Gasteiger partial charge in [-0.2, -0.15) is 0 Å². The highest BCUT2D eigenvalue weighted by molar-refractivity contribution is 7.99. The molecule has 1 atom stereocenters. The number of para-hydroxylation sites is 2. The molecule has 2 aromatic heterocycles. The van der Waals surface area contributed by atoms with Crippen molar-refractivity contribution in [3.05, 3.63) is 41.8 Å². The normalized spacial score (nSPS) is 15.9.